The van der Waals surface area contributed by atoms with Crippen molar-refractivity contribution < 1.29 is 0 Å². The molecule has 1 atom stereocenters. The van der Waals surface area contributed by atoms with Crippen molar-refractivity contribution in [3.05, 3.63) is 33.6 Å². The van der Waals surface area contributed by atoms with Crippen LogP contribution in [0.25, 0.3) is 0 Å². The molecule has 2 aromatic rings. The van der Waals surface area contributed by atoms with Crippen LogP contribution in [0.5, 0.6) is 0 Å². The molecule has 0 radical (unpaired) electrons. The summed E-state index contributed by atoms with van der Waals surface area (Å²) >= 11 is 7.43. The minimum absolute atomic E-state index is 0.226. The Kier molecular flexibility index (Phi) is 2.98. The number of nitrogens with one attached hydrogen (secondary N) is 1. The number of hydrogen-bond acceptors (Lipinski definition) is 3. The Balaban J connectivity index is 2.06. The van der Waals surface area contributed by atoms with E-state index in [0.29, 0.717) is 0 Å². The molecule has 3 nitrogen and oxygen atoms in total. The largest absolute Gasteiger partial charge is 0.362 e. The summed E-state index contributed by atoms with van der Waals surface area (Å²) in [6.07, 6.45) is 1.91. The van der Waals surface area contributed by atoms with Gasteiger partial charge in [-0.3, -0.25) is 4.68 Å². The number of hydrogen-bond donors (Lipinski definition) is 1. The van der Waals surface area contributed by atoms with Gasteiger partial charge in [0.25, 0.3) is 0 Å². The first-order valence-electron chi connectivity index (χ1n) is 4.65. The van der Waals surface area contributed by atoms with Crippen LogP contribution < -0.4 is 5.32 Å². The Morgan fingerprint density at radius 2 is 2.40 bits per heavy atom. The molecule has 0 aliphatic carbocycles. The third-order valence-corrected chi connectivity index (χ3v) is 3.28. The van der Waals surface area contributed by atoms with Crippen LogP contribution in [0.3, 0.4) is 0 Å². The average molecular weight is 242 g/mol. The first-order valence-corrected chi connectivity index (χ1v) is 5.91. The zero-order chi connectivity index (χ0) is 10.8. The van der Waals surface area contributed by atoms with Crippen LogP contribution in [0.15, 0.2) is 23.7 Å². The fourth-order valence-electron chi connectivity index (χ4n) is 1.35. The van der Waals surface area contributed by atoms with E-state index in [0.717, 1.165) is 10.2 Å². The summed E-state index contributed by atoms with van der Waals surface area (Å²) in [5, 5.41) is 9.63. The van der Waals surface area contributed by atoms with Gasteiger partial charge in [-0.25, -0.2) is 0 Å². The lowest BCUT2D eigenvalue weighted by atomic mass is 10.2. The molecule has 5 heteroatoms. The quantitative estimate of drug-likeness (QED) is 0.894. The van der Waals surface area contributed by atoms with Gasteiger partial charge in [0.15, 0.2) is 0 Å². The summed E-state index contributed by atoms with van der Waals surface area (Å²) in [6, 6.07) is 4.15. The first-order chi connectivity index (χ1) is 7.15. The number of anilines is 1. The van der Waals surface area contributed by atoms with E-state index < -0.39 is 0 Å². The number of halogens is 1. The zero-order valence-electron chi connectivity index (χ0n) is 8.57. The van der Waals surface area contributed by atoms with Gasteiger partial charge < -0.3 is 5.32 Å². The van der Waals surface area contributed by atoms with Gasteiger partial charge >= 0.3 is 0 Å². The maximum atomic E-state index is 5.88. The predicted octanol–water partition coefficient (Wildman–Crippen LogP) is 3.31. The molecule has 1 unspecified atom stereocenters. The lowest BCUT2D eigenvalue weighted by Gasteiger charge is -2.10. The summed E-state index contributed by atoms with van der Waals surface area (Å²) in [4.78, 5) is 0. The highest BCUT2D eigenvalue weighted by Crippen LogP contribution is 2.26. The molecule has 0 aromatic carbocycles. The highest BCUT2D eigenvalue weighted by molar-refractivity contribution is 7.14. The van der Waals surface area contributed by atoms with Crippen LogP contribution in [-0.4, -0.2) is 9.78 Å². The fourth-order valence-corrected chi connectivity index (χ4v) is 2.33. The molecule has 1 N–H and O–H groups in total. The van der Waals surface area contributed by atoms with Crippen molar-refractivity contribution >= 4 is 28.8 Å². The van der Waals surface area contributed by atoms with Crippen LogP contribution >= 0.6 is 22.9 Å². The Hall–Kier alpha value is -1.00. The number of rotatable bonds is 3. The van der Waals surface area contributed by atoms with E-state index in [9.17, 15) is 0 Å². The topological polar surface area (TPSA) is 29.9 Å². The summed E-state index contributed by atoms with van der Waals surface area (Å²) in [5.41, 5.74) is 1.19. The minimum Gasteiger partial charge on any atom is -0.362 e. The van der Waals surface area contributed by atoms with E-state index in [1.807, 2.05) is 25.4 Å². The van der Waals surface area contributed by atoms with Crippen LogP contribution in [0.1, 0.15) is 18.5 Å². The Morgan fingerprint density at radius 1 is 1.60 bits per heavy atom. The summed E-state index contributed by atoms with van der Waals surface area (Å²) in [7, 11) is 1.90. The molecule has 15 heavy (non-hydrogen) atoms. The van der Waals surface area contributed by atoms with Gasteiger partial charge in [-0.15, -0.1) is 11.3 Å². The van der Waals surface area contributed by atoms with E-state index in [-0.39, 0.29) is 6.04 Å². The molecule has 2 heterocycles. The highest BCUT2D eigenvalue weighted by atomic mass is 35.5. The number of thiophene rings is 1. The standard InChI is InChI=1S/C10H12ClN3S/c1-7(8-5-9(11)15-6-8)12-10-3-4-14(2)13-10/h3-7H,1-2H3,(H,12,13). The molecule has 80 valence electrons. The molecule has 0 fully saturated rings. The Bertz CT molecular complexity index is 449. The molecule has 2 rings (SSSR count). The second kappa shape index (κ2) is 4.24. The molecule has 0 aliphatic heterocycles. The van der Waals surface area contributed by atoms with Gasteiger partial charge in [0.1, 0.15) is 5.82 Å². The van der Waals surface area contributed by atoms with Crippen molar-refractivity contribution in [1.29, 1.82) is 0 Å². The van der Waals surface area contributed by atoms with E-state index in [1.54, 1.807) is 16.0 Å². The number of nitrogens with zero attached hydrogens (tertiary/aromatic N) is 2. The smallest absolute Gasteiger partial charge is 0.148 e. The monoisotopic (exact) mass is 241 g/mol. The van der Waals surface area contributed by atoms with Crippen molar-refractivity contribution in [3.8, 4) is 0 Å². The number of aryl methyl sites for hydroxylation is 1. The second-order valence-corrected chi connectivity index (χ2v) is 4.97. The predicted molar refractivity (Wildman–Crippen MR) is 64.6 cm³/mol. The van der Waals surface area contributed by atoms with Crippen molar-refractivity contribution in [3.63, 3.8) is 0 Å². The van der Waals surface area contributed by atoms with Crippen molar-refractivity contribution in [1.82, 2.24) is 9.78 Å². The van der Waals surface area contributed by atoms with Gasteiger partial charge in [0, 0.05) is 19.3 Å². The molecular formula is C10H12ClN3S. The molecule has 0 saturated carbocycles. The van der Waals surface area contributed by atoms with E-state index in [4.69, 9.17) is 11.6 Å². The zero-order valence-corrected chi connectivity index (χ0v) is 10.1. The van der Waals surface area contributed by atoms with Gasteiger partial charge in [-0.2, -0.15) is 5.10 Å². The molecule has 0 bridgehead atoms. The van der Waals surface area contributed by atoms with Crippen LogP contribution in [0.2, 0.25) is 4.34 Å². The maximum Gasteiger partial charge on any atom is 0.148 e. The van der Waals surface area contributed by atoms with Crippen molar-refractivity contribution in [2.75, 3.05) is 5.32 Å². The maximum absolute atomic E-state index is 5.88. The lowest BCUT2D eigenvalue weighted by molar-refractivity contribution is 0.760. The summed E-state index contributed by atoms with van der Waals surface area (Å²) < 4.78 is 2.59. The fraction of sp³-hybridized carbons (Fsp3) is 0.300. The van der Waals surface area contributed by atoms with Crippen LogP contribution in [-0.2, 0) is 7.05 Å². The average Bonchev–Trinajstić information content (AvgIpc) is 2.75. The molecule has 0 spiro atoms. The Labute approximate surface area is 97.7 Å². The summed E-state index contributed by atoms with van der Waals surface area (Å²) in [5.74, 6) is 0.882. The van der Waals surface area contributed by atoms with Gasteiger partial charge in [0.05, 0.1) is 10.4 Å². The molecule has 2 aromatic heterocycles. The first kappa shape index (κ1) is 10.5. The van der Waals surface area contributed by atoms with E-state index in [2.05, 4.69) is 22.7 Å². The van der Waals surface area contributed by atoms with Crippen LogP contribution in [0, 0.1) is 0 Å². The Morgan fingerprint density at radius 3 is 2.93 bits per heavy atom. The molecule has 0 saturated heterocycles. The van der Waals surface area contributed by atoms with Gasteiger partial charge in [0.2, 0.25) is 0 Å². The molecule has 0 aliphatic rings. The van der Waals surface area contributed by atoms with E-state index in [1.165, 1.54) is 5.56 Å². The third kappa shape index (κ3) is 2.52. The van der Waals surface area contributed by atoms with E-state index >= 15 is 0 Å². The lowest BCUT2D eigenvalue weighted by Crippen LogP contribution is -2.06. The third-order valence-electron chi connectivity index (χ3n) is 2.17. The van der Waals surface area contributed by atoms with Crippen molar-refractivity contribution in [2.45, 2.75) is 13.0 Å². The van der Waals surface area contributed by atoms with Gasteiger partial charge in [-0.1, -0.05) is 11.6 Å². The SMILES string of the molecule is CC(Nc1ccn(C)n1)c1csc(Cl)c1. The van der Waals surface area contributed by atoms with Crippen molar-refractivity contribution in [2.24, 2.45) is 7.05 Å². The molecular weight excluding hydrogens is 230 g/mol. The van der Waals surface area contributed by atoms with Crippen LogP contribution in [0.4, 0.5) is 5.82 Å². The van der Waals surface area contributed by atoms with Gasteiger partial charge in [-0.05, 0) is 23.9 Å². The second-order valence-electron chi connectivity index (χ2n) is 3.42. The summed E-state index contributed by atoms with van der Waals surface area (Å²) in [6.45, 7) is 2.09. The normalized spacial score (nSPS) is 12.7. The highest BCUT2D eigenvalue weighted by Gasteiger charge is 2.08. The number of aromatic nitrogens is 2. The minimum atomic E-state index is 0.226. The molecule has 0 amide bonds.